The van der Waals surface area contributed by atoms with E-state index in [1.165, 1.54) is 19.3 Å². The van der Waals surface area contributed by atoms with Gasteiger partial charge in [0.2, 0.25) is 5.91 Å². The third kappa shape index (κ3) is 2.99. The van der Waals surface area contributed by atoms with Gasteiger partial charge in [-0.1, -0.05) is 24.4 Å². The number of amides is 1. The zero-order chi connectivity index (χ0) is 14.0. The van der Waals surface area contributed by atoms with Crippen LogP contribution in [-0.2, 0) is 4.79 Å². The molecule has 1 saturated carbocycles. The predicted molar refractivity (Wildman–Crippen MR) is 74.0 cm³/mol. The maximum absolute atomic E-state index is 12.4. The lowest BCUT2D eigenvalue weighted by Gasteiger charge is -2.35. The van der Waals surface area contributed by atoms with Gasteiger partial charge in [-0.2, -0.15) is 0 Å². The van der Waals surface area contributed by atoms with E-state index in [4.69, 9.17) is 4.52 Å². The fraction of sp³-hybridized carbons (Fsp3) is 0.733. The zero-order valence-corrected chi connectivity index (χ0v) is 12.4. The average molecular weight is 264 g/mol. The smallest absolute Gasteiger partial charge is 0.227 e. The largest absolute Gasteiger partial charge is 0.361 e. The van der Waals surface area contributed by atoms with Crippen LogP contribution in [0.25, 0.3) is 0 Å². The number of carbonyl (C=O) groups excluding carboxylic acids is 1. The Labute approximate surface area is 114 Å². The Bertz CT molecular complexity index is 439. The minimum absolute atomic E-state index is 0.0391. The maximum atomic E-state index is 12.4. The lowest BCUT2D eigenvalue weighted by atomic mass is 9.82. The molecule has 1 fully saturated rings. The van der Waals surface area contributed by atoms with Crippen LogP contribution in [0.4, 0.5) is 0 Å². The van der Waals surface area contributed by atoms with Crippen LogP contribution in [0.1, 0.15) is 68.9 Å². The van der Waals surface area contributed by atoms with Crippen molar-refractivity contribution in [1.29, 1.82) is 0 Å². The zero-order valence-electron chi connectivity index (χ0n) is 12.4. The highest BCUT2D eigenvalue weighted by Crippen LogP contribution is 2.29. The highest BCUT2D eigenvalue weighted by molar-refractivity contribution is 5.84. The van der Waals surface area contributed by atoms with Crippen LogP contribution < -0.4 is 5.32 Å². The summed E-state index contributed by atoms with van der Waals surface area (Å²) in [6.45, 7) is 7.83. The van der Waals surface area contributed by atoms with E-state index < -0.39 is 0 Å². The molecular weight excluding hydrogens is 240 g/mol. The SMILES string of the molecule is Cc1noc(C)c1[C@@H](C)C(=O)NC1(C)CCCCC1. The monoisotopic (exact) mass is 264 g/mol. The highest BCUT2D eigenvalue weighted by atomic mass is 16.5. The van der Waals surface area contributed by atoms with Gasteiger partial charge in [-0.3, -0.25) is 4.79 Å². The highest BCUT2D eigenvalue weighted by Gasteiger charge is 2.31. The molecule has 4 heteroatoms. The molecule has 1 aliphatic carbocycles. The van der Waals surface area contributed by atoms with E-state index in [1.807, 2.05) is 20.8 Å². The summed E-state index contributed by atoms with van der Waals surface area (Å²) in [6, 6.07) is 0. The molecule has 1 amide bonds. The summed E-state index contributed by atoms with van der Waals surface area (Å²) in [6.07, 6.45) is 5.85. The first kappa shape index (κ1) is 14.1. The summed E-state index contributed by atoms with van der Waals surface area (Å²) in [5.41, 5.74) is 1.70. The van der Waals surface area contributed by atoms with Gasteiger partial charge in [-0.15, -0.1) is 0 Å². The molecule has 0 bridgehead atoms. The van der Waals surface area contributed by atoms with Gasteiger partial charge in [0.15, 0.2) is 0 Å². The topological polar surface area (TPSA) is 55.1 Å². The van der Waals surface area contributed by atoms with Gasteiger partial charge in [0, 0.05) is 11.1 Å². The van der Waals surface area contributed by atoms with Crippen molar-refractivity contribution >= 4 is 5.91 Å². The van der Waals surface area contributed by atoms with Crippen LogP contribution in [0, 0.1) is 13.8 Å². The molecule has 1 atom stereocenters. The number of hydrogen-bond acceptors (Lipinski definition) is 3. The quantitative estimate of drug-likeness (QED) is 0.911. The molecule has 1 aromatic rings. The molecule has 0 aliphatic heterocycles. The molecule has 0 spiro atoms. The van der Waals surface area contributed by atoms with Gasteiger partial charge < -0.3 is 9.84 Å². The molecule has 1 N–H and O–H groups in total. The van der Waals surface area contributed by atoms with E-state index in [-0.39, 0.29) is 17.4 Å². The Kier molecular flexibility index (Phi) is 3.97. The van der Waals surface area contributed by atoms with Crippen molar-refractivity contribution in [3.63, 3.8) is 0 Å². The summed E-state index contributed by atoms with van der Waals surface area (Å²) >= 11 is 0. The summed E-state index contributed by atoms with van der Waals surface area (Å²) in [7, 11) is 0. The Balaban J connectivity index is 2.07. The fourth-order valence-corrected chi connectivity index (χ4v) is 3.10. The molecule has 2 rings (SSSR count). The van der Waals surface area contributed by atoms with E-state index in [2.05, 4.69) is 17.4 Å². The summed E-state index contributed by atoms with van der Waals surface area (Å²) in [4.78, 5) is 12.4. The lowest BCUT2D eigenvalue weighted by Crippen LogP contribution is -2.48. The van der Waals surface area contributed by atoms with Gasteiger partial charge in [-0.05, 0) is 40.5 Å². The molecular formula is C15H24N2O2. The first-order chi connectivity index (χ1) is 8.93. The Morgan fingerprint density at radius 2 is 1.95 bits per heavy atom. The molecule has 1 aromatic heterocycles. The third-order valence-electron chi connectivity index (χ3n) is 4.30. The second kappa shape index (κ2) is 5.35. The first-order valence-electron chi connectivity index (χ1n) is 7.18. The summed E-state index contributed by atoms with van der Waals surface area (Å²) < 4.78 is 5.15. The number of nitrogens with zero attached hydrogens (tertiary/aromatic N) is 1. The second-order valence-corrected chi connectivity index (χ2v) is 6.07. The molecule has 106 valence electrons. The second-order valence-electron chi connectivity index (χ2n) is 6.07. The van der Waals surface area contributed by atoms with Crippen molar-refractivity contribution in [2.75, 3.05) is 0 Å². The van der Waals surface area contributed by atoms with Crippen molar-refractivity contribution in [2.24, 2.45) is 0 Å². The van der Waals surface area contributed by atoms with Crippen LogP contribution in [0.3, 0.4) is 0 Å². The number of aryl methyl sites for hydroxylation is 2. The van der Waals surface area contributed by atoms with Gasteiger partial charge in [0.25, 0.3) is 0 Å². The van der Waals surface area contributed by atoms with Crippen LogP contribution in [0.5, 0.6) is 0 Å². The Hall–Kier alpha value is -1.32. The molecule has 1 heterocycles. The van der Waals surface area contributed by atoms with E-state index in [0.717, 1.165) is 29.9 Å². The van der Waals surface area contributed by atoms with Crippen molar-refractivity contribution in [2.45, 2.75) is 71.3 Å². The van der Waals surface area contributed by atoms with Crippen molar-refractivity contribution in [3.8, 4) is 0 Å². The minimum atomic E-state index is -0.204. The van der Waals surface area contributed by atoms with Crippen LogP contribution in [-0.4, -0.2) is 16.6 Å². The Morgan fingerprint density at radius 3 is 2.47 bits per heavy atom. The number of aromatic nitrogens is 1. The van der Waals surface area contributed by atoms with Gasteiger partial charge in [-0.25, -0.2) is 0 Å². The average Bonchev–Trinajstić information content (AvgIpc) is 2.68. The van der Waals surface area contributed by atoms with E-state index >= 15 is 0 Å². The van der Waals surface area contributed by atoms with E-state index in [9.17, 15) is 4.79 Å². The third-order valence-corrected chi connectivity index (χ3v) is 4.30. The molecule has 0 unspecified atom stereocenters. The molecule has 0 saturated heterocycles. The summed E-state index contributed by atoms with van der Waals surface area (Å²) in [5.74, 6) is 0.623. The van der Waals surface area contributed by atoms with Crippen LogP contribution >= 0.6 is 0 Å². The van der Waals surface area contributed by atoms with Crippen LogP contribution in [0.15, 0.2) is 4.52 Å². The fourth-order valence-electron chi connectivity index (χ4n) is 3.10. The first-order valence-corrected chi connectivity index (χ1v) is 7.18. The molecule has 1 aliphatic rings. The van der Waals surface area contributed by atoms with E-state index in [0.29, 0.717) is 0 Å². The van der Waals surface area contributed by atoms with E-state index in [1.54, 1.807) is 0 Å². The molecule has 19 heavy (non-hydrogen) atoms. The standard InChI is InChI=1S/C15H24N2O2/c1-10(13-11(2)17-19-12(13)3)14(18)16-15(4)8-6-5-7-9-15/h10H,5-9H2,1-4H3,(H,16,18)/t10-/m1/s1. The number of hydrogen-bond donors (Lipinski definition) is 1. The molecule has 0 radical (unpaired) electrons. The number of nitrogens with one attached hydrogen (secondary N) is 1. The predicted octanol–water partition coefficient (Wildman–Crippen LogP) is 3.23. The summed E-state index contributed by atoms with van der Waals surface area (Å²) in [5, 5.41) is 7.16. The molecule has 4 nitrogen and oxygen atoms in total. The van der Waals surface area contributed by atoms with Gasteiger partial charge in [0.05, 0.1) is 11.6 Å². The molecule has 0 aromatic carbocycles. The normalized spacial score (nSPS) is 20.0. The lowest BCUT2D eigenvalue weighted by molar-refractivity contribution is -0.124. The Morgan fingerprint density at radius 1 is 1.32 bits per heavy atom. The van der Waals surface area contributed by atoms with Crippen LogP contribution in [0.2, 0.25) is 0 Å². The number of rotatable bonds is 3. The minimum Gasteiger partial charge on any atom is -0.361 e. The van der Waals surface area contributed by atoms with Gasteiger partial charge in [0.1, 0.15) is 5.76 Å². The van der Waals surface area contributed by atoms with Crippen molar-refractivity contribution in [1.82, 2.24) is 10.5 Å². The van der Waals surface area contributed by atoms with Gasteiger partial charge >= 0.3 is 0 Å². The maximum Gasteiger partial charge on any atom is 0.227 e. The van der Waals surface area contributed by atoms with Crippen molar-refractivity contribution < 1.29 is 9.32 Å². The van der Waals surface area contributed by atoms with Crippen molar-refractivity contribution in [3.05, 3.63) is 17.0 Å². The number of carbonyl (C=O) groups is 1.